The minimum absolute atomic E-state index is 0.318. The van der Waals surface area contributed by atoms with E-state index in [1.165, 1.54) is 6.20 Å². The minimum Gasteiger partial charge on any atom is -0.325 e. The molecule has 2 N–H and O–H groups in total. The first-order valence-corrected chi connectivity index (χ1v) is 4.30. The first kappa shape index (κ1) is 10.2. The highest BCUT2D eigenvalue weighted by molar-refractivity contribution is 5.08. The molecule has 4 heteroatoms. The normalized spacial score (nSPS) is 14.5. The van der Waals surface area contributed by atoms with Crippen LogP contribution in [0.25, 0.3) is 0 Å². The van der Waals surface area contributed by atoms with E-state index in [0.29, 0.717) is 12.0 Å². The van der Waals surface area contributed by atoms with Crippen molar-refractivity contribution in [2.45, 2.75) is 32.0 Å². The van der Waals surface area contributed by atoms with E-state index in [4.69, 9.17) is 5.73 Å². The molecule has 0 spiro atoms. The van der Waals surface area contributed by atoms with E-state index < -0.39 is 11.7 Å². The summed E-state index contributed by atoms with van der Waals surface area (Å²) in [6.07, 6.45) is 2.51. The number of aromatic nitrogens is 2. The minimum atomic E-state index is -1.02. The van der Waals surface area contributed by atoms with Crippen molar-refractivity contribution in [1.29, 1.82) is 0 Å². The summed E-state index contributed by atoms with van der Waals surface area (Å²) < 4.78 is 15.1. The van der Waals surface area contributed by atoms with Gasteiger partial charge in [0.05, 0.1) is 6.20 Å². The highest BCUT2D eigenvalue weighted by atomic mass is 19.1. The fraction of sp³-hybridized carbons (Fsp3) is 0.667. The van der Waals surface area contributed by atoms with Crippen molar-refractivity contribution in [2.75, 3.05) is 0 Å². The second-order valence-electron chi connectivity index (χ2n) is 4.11. The van der Waals surface area contributed by atoms with Gasteiger partial charge in [-0.1, -0.05) is 0 Å². The number of rotatable bonds is 3. The second-order valence-corrected chi connectivity index (χ2v) is 4.11. The van der Waals surface area contributed by atoms with E-state index in [1.807, 2.05) is 13.8 Å². The van der Waals surface area contributed by atoms with Crippen LogP contribution < -0.4 is 5.73 Å². The van der Waals surface area contributed by atoms with Gasteiger partial charge in [-0.25, -0.2) is 4.39 Å². The van der Waals surface area contributed by atoms with Gasteiger partial charge in [0.25, 0.3) is 0 Å². The lowest BCUT2D eigenvalue weighted by Crippen LogP contribution is -2.33. The molecule has 0 bridgehead atoms. The molecule has 1 rings (SSSR count). The van der Waals surface area contributed by atoms with E-state index in [1.54, 1.807) is 17.9 Å². The van der Waals surface area contributed by atoms with Crippen LogP contribution >= 0.6 is 0 Å². The number of alkyl halides is 1. The van der Waals surface area contributed by atoms with Gasteiger partial charge in [0.15, 0.2) is 0 Å². The average molecular weight is 185 g/mol. The van der Waals surface area contributed by atoms with Gasteiger partial charge in [-0.15, -0.1) is 0 Å². The Morgan fingerprint density at radius 2 is 2.31 bits per heavy atom. The van der Waals surface area contributed by atoms with Crippen LogP contribution in [-0.4, -0.2) is 15.3 Å². The van der Waals surface area contributed by atoms with Crippen molar-refractivity contribution >= 4 is 0 Å². The molecule has 1 aromatic heterocycles. The van der Waals surface area contributed by atoms with Crippen molar-refractivity contribution in [3.63, 3.8) is 0 Å². The third-order valence-corrected chi connectivity index (χ3v) is 1.79. The Hall–Kier alpha value is -0.900. The molecule has 1 heterocycles. The number of hydrogen-bond acceptors (Lipinski definition) is 2. The third kappa shape index (κ3) is 3.14. The molecule has 1 unspecified atom stereocenters. The number of aryl methyl sites for hydroxylation is 1. The molecule has 3 nitrogen and oxygen atoms in total. The molecule has 0 saturated carbocycles. The van der Waals surface area contributed by atoms with Crippen LogP contribution in [0.15, 0.2) is 12.4 Å². The Bertz CT molecular complexity index is 275. The summed E-state index contributed by atoms with van der Waals surface area (Å²) in [5, 5.41) is 3.90. The zero-order valence-electron chi connectivity index (χ0n) is 8.29. The zero-order valence-corrected chi connectivity index (χ0v) is 8.29. The van der Waals surface area contributed by atoms with E-state index in [-0.39, 0.29) is 0 Å². The van der Waals surface area contributed by atoms with Crippen molar-refractivity contribution in [1.82, 2.24) is 9.78 Å². The maximum Gasteiger partial charge on any atom is 0.130 e. The molecule has 0 aliphatic carbocycles. The summed E-state index contributed by atoms with van der Waals surface area (Å²) >= 11 is 0. The van der Waals surface area contributed by atoms with Crippen molar-refractivity contribution < 1.29 is 4.39 Å². The SMILES string of the molecule is Cn1cc(C(F)CC(C)(C)N)cn1. The largest absolute Gasteiger partial charge is 0.325 e. The fourth-order valence-corrected chi connectivity index (χ4v) is 1.18. The van der Waals surface area contributed by atoms with Crippen LogP contribution in [0, 0.1) is 0 Å². The molecule has 13 heavy (non-hydrogen) atoms. The molecular formula is C9H16FN3. The number of nitrogens with two attached hydrogens (primary N) is 1. The number of nitrogens with zero attached hydrogens (tertiary/aromatic N) is 2. The average Bonchev–Trinajstić information content (AvgIpc) is 2.31. The quantitative estimate of drug-likeness (QED) is 0.776. The topological polar surface area (TPSA) is 43.8 Å². The zero-order chi connectivity index (χ0) is 10.1. The lowest BCUT2D eigenvalue weighted by molar-refractivity contribution is 0.267. The van der Waals surface area contributed by atoms with Gasteiger partial charge in [-0.3, -0.25) is 4.68 Å². The van der Waals surface area contributed by atoms with Gasteiger partial charge in [0.1, 0.15) is 6.17 Å². The van der Waals surface area contributed by atoms with Gasteiger partial charge in [0.2, 0.25) is 0 Å². The van der Waals surface area contributed by atoms with Gasteiger partial charge >= 0.3 is 0 Å². The monoisotopic (exact) mass is 185 g/mol. The summed E-state index contributed by atoms with van der Waals surface area (Å²) in [4.78, 5) is 0. The second kappa shape index (κ2) is 3.46. The van der Waals surface area contributed by atoms with Gasteiger partial charge in [-0.05, 0) is 13.8 Å². The molecule has 0 amide bonds. The molecule has 1 atom stereocenters. The van der Waals surface area contributed by atoms with E-state index in [0.717, 1.165) is 0 Å². The molecule has 1 aromatic rings. The Kier molecular flexibility index (Phi) is 2.71. The highest BCUT2D eigenvalue weighted by Gasteiger charge is 2.20. The smallest absolute Gasteiger partial charge is 0.130 e. The standard InChI is InChI=1S/C9H16FN3/c1-9(2,11)4-8(10)7-5-12-13(3)6-7/h5-6,8H,4,11H2,1-3H3. The molecule has 0 aromatic carbocycles. The van der Waals surface area contributed by atoms with Crippen LogP contribution in [0.3, 0.4) is 0 Å². The highest BCUT2D eigenvalue weighted by Crippen LogP contribution is 2.25. The van der Waals surface area contributed by atoms with E-state index in [9.17, 15) is 4.39 Å². The molecular weight excluding hydrogens is 169 g/mol. The number of halogens is 1. The van der Waals surface area contributed by atoms with E-state index >= 15 is 0 Å². The van der Waals surface area contributed by atoms with Gasteiger partial charge in [-0.2, -0.15) is 5.10 Å². The lowest BCUT2D eigenvalue weighted by atomic mass is 9.96. The van der Waals surface area contributed by atoms with Crippen LogP contribution in [0.1, 0.15) is 32.0 Å². The molecule has 0 aliphatic rings. The molecule has 0 aliphatic heterocycles. The molecule has 0 radical (unpaired) electrons. The van der Waals surface area contributed by atoms with Crippen LogP contribution in [0.4, 0.5) is 4.39 Å². The Balaban J connectivity index is 2.64. The third-order valence-electron chi connectivity index (χ3n) is 1.79. The summed E-state index contributed by atoms with van der Waals surface area (Å²) in [7, 11) is 1.77. The molecule has 0 fully saturated rings. The van der Waals surface area contributed by atoms with E-state index in [2.05, 4.69) is 5.10 Å². The van der Waals surface area contributed by atoms with Crippen molar-refractivity contribution in [3.8, 4) is 0 Å². The van der Waals surface area contributed by atoms with Crippen LogP contribution in [-0.2, 0) is 7.05 Å². The first-order chi connectivity index (χ1) is 5.88. The number of hydrogen-bond donors (Lipinski definition) is 1. The summed E-state index contributed by atoms with van der Waals surface area (Å²) in [5.41, 5.74) is 5.83. The summed E-state index contributed by atoms with van der Waals surface area (Å²) in [6, 6.07) is 0. The maximum absolute atomic E-state index is 13.5. The van der Waals surface area contributed by atoms with Crippen molar-refractivity contribution in [3.05, 3.63) is 18.0 Å². The van der Waals surface area contributed by atoms with Crippen LogP contribution in [0.2, 0.25) is 0 Å². The summed E-state index contributed by atoms with van der Waals surface area (Å²) in [5.74, 6) is 0. The van der Waals surface area contributed by atoms with Gasteiger partial charge < -0.3 is 5.73 Å². The molecule has 0 saturated heterocycles. The molecule has 74 valence electrons. The Labute approximate surface area is 77.7 Å². The lowest BCUT2D eigenvalue weighted by Gasteiger charge is -2.20. The first-order valence-electron chi connectivity index (χ1n) is 4.30. The van der Waals surface area contributed by atoms with Crippen LogP contribution in [0.5, 0.6) is 0 Å². The Morgan fingerprint density at radius 3 is 2.69 bits per heavy atom. The summed E-state index contributed by atoms with van der Waals surface area (Å²) in [6.45, 7) is 3.63. The predicted octanol–water partition coefficient (Wildman–Crippen LogP) is 1.56. The predicted molar refractivity (Wildman–Crippen MR) is 49.9 cm³/mol. The maximum atomic E-state index is 13.5. The van der Waals surface area contributed by atoms with Gasteiger partial charge in [0, 0.05) is 30.8 Å². The fourth-order valence-electron chi connectivity index (χ4n) is 1.18. The van der Waals surface area contributed by atoms with Crippen molar-refractivity contribution in [2.24, 2.45) is 12.8 Å². The Morgan fingerprint density at radius 1 is 1.69 bits per heavy atom.